The Hall–Kier alpha value is -5.10. The van der Waals surface area contributed by atoms with Crippen LogP contribution in [0, 0.1) is 18.3 Å². The molecule has 2 heterocycles. The standard InChI is InChI=1S/C11H11NO.C10H15N.C8H6N6.C2H6/c1-7-6-8-4-2-3-5-9(8)10(12)11(7)13;1-10(2,3)8-4-6-9(11)7-5-8;9-4-6-5-13-14(7(6)10)8-11-2-1-3-12-8;1-2/h2-6,13H,12H2,1H3;4-7H,11H2,1-3H3;1-3,5H,10H2;1-2H3. The SMILES string of the molecule is CC.CC(C)(C)c1ccc(N)cc1.Cc1cc2ccccc2c(N)c1O.N#Cc1cnn(-c2ncccn2)c1N. The fourth-order valence-electron chi connectivity index (χ4n) is 3.50. The fraction of sp³-hybridized carbons (Fsp3) is 0.226. The molecule has 0 saturated carbocycles. The number of benzene rings is 3. The van der Waals surface area contributed by atoms with E-state index in [2.05, 4.69) is 48.0 Å². The van der Waals surface area contributed by atoms with Crippen molar-refractivity contribution in [2.24, 2.45) is 0 Å². The van der Waals surface area contributed by atoms with Crippen molar-refractivity contribution in [1.82, 2.24) is 19.7 Å². The van der Waals surface area contributed by atoms with Crippen LogP contribution in [0.1, 0.15) is 51.3 Å². The molecule has 9 heteroatoms. The number of aryl methyl sites for hydroxylation is 1. The molecular formula is C31H38N8O. The van der Waals surface area contributed by atoms with Crippen LogP contribution in [0.15, 0.2) is 79.3 Å². The quantitative estimate of drug-likeness (QED) is 0.146. The van der Waals surface area contributed by atoms with Gasteiger partial charge in [-0.1, -0.05) is 71.0 Å². The molecule has 0 fully saturated rings. The highest BCUT2D eigenvalue weighted by Gasteiger charge is 2.12. The topological polar surface area (TPSA) is 166 Å². The van der Waals surface area contributed by atoms with E-state index < -0.39 is 0 Å². The summed E-state index contributed by atoms with van der Waals surface area (Å²) >= 11 is 0. The van der Waals surface area contributed by atoms with Crippen molar-refractivity contribution >= 4 is 28.0 Å². The number of aromatic nitrogens is 4. The Balaban J connectivity index is 0.000000205. The molecule has 9 nitrogen and oxygen atoms in total. The van der Waals surface area contributed by atoms with E-state index in [0.717, 1.165) is 22.0 Å². The van der Waals surface area contributed by atoms with Crippen molar-refractivity contribution in [2.45, 2.75) is 47.0 Å². The summed E-state index contributed by atoms with van der Waals surface area (Å²) in [6, 6.07) is 21.3. The number of phenolic OH excluding ortho intramolecular Hbond substituents is 1. The van der Waals surface area contributed by atoms with Crippen LogP contribution in [0.4, 0.5) is 17.2 Å². The molecule has 0 aliphatic rings. The van der Waals surface area contributed by atoms with Gasteiger partial charge in [-0.2, -0.15) is 15.0 Å². The molecule has 0 radical (unpaired) electrons. The maximum absolute atomic E-state index is 9.58. The smallest absolute Gasteiger partial charge is 0.252 e. The third kappa shape index (κ3) is 7.95. The lowest BCUT2D eigenvalue weighted by Crippen LogP contribution is -2.10. The molecule has 5 rings (SSSR count). The Morgan fingerprint density at radius 1 is 0.900 bits per heavy atom. The van der Waals surface area contributed by atoms with Crippen LogP contribution in [0.2, 0.25) is 0 Å². The van der Waals surface area contributed by atoms with Crippen LogP contribution in [0.3, 0.4) is 0 Å². The van der Waals surface area contributed by atoms with Gasteiger partial charge >= 0.3 is 0 Å². The minimum absolute atomic E-state index is 0.193. The largest absolute Gasteiger partial charge is 0.505 e. The molecule has 7 N–H and O–H groups in total. The van der Waals surface area contributed by atoms with E-state index in [1.165, 1.54) is 16.4 Å². The number of nitrogens with zero attached hydrogens (tertiary/aromatic N) is 5. The van der Waals surface area contributed by atoms with Crippen LogP contribution >= 0.6 is 0 Å². The van der Waals surface area contributed by atoms with E-state index in [9.17, 15) is 5.11 Å². The molecule has 0 amide bonds. The molecule has 40 heavy (non-hydrogen) atoms. The first-order valence-corrected chi connectivity index (χ1v) is 12.9. The maximum Gasteiger partial charge on any atom is 0.252 e. The van der Waals surface area contributed by atoms with Crippen molar-refractivity contribution < 1.29 is 5.11 Å². The summed E-state index contributed by atoms with van der Waals surface area (Å²) in [7, 11) is 0. The van der Waals surface area contributed by atoms with Gasteiger partial charge in [-0.25, -0.2) is 9.97 Å². The summed E-state index contributed by atoms with van der Waals surface area (Å²) < 4.78 is 1.32. The lowest BCUT2D eigenvalue weighted by molar-refractivity contribution is 0.474. The average Bonchev–Trinajstić information content (AvgIpc) is 3.34. The average molecular weight is 539 g/mol. The van der Waals surface area contributed by atoms with Crippen molar-refractivity contribution in [1.29, 1.82) is 5.26 Å². The maximum atomic E-state index is 9.58. The number of hydrogen-bond acceptors (Lipinski definition) is 8. The van der Waals surface area contributed by atoms with Gasteiger partial charge in [0.1, 0.15) is 23.2 Å². The van der Waals surface area contributed by atoms with Gasteiger partial charge in [-0.3, -0.25) is 0 Å². The van der Waals surface area contributed by atoms with Crippen LogP contribution in [-0.2, 0) is 5.41 Å². The van der Waals surface area contributed by atoms with Crippen LogP contribution in [0.25, 0.3) is 16.7 Å². The van der Waals surface area contributed by atoms with Crippen molar-refractivity contribution in [2.75, 3.05) is 17.2 Å². The summed E-state index contributed by atoms with van der Waals surface area (Å²) in [6.07, 6.45) is 4.54. The first kappa shape index (κ1) is 31.1. The highest BCUT2D eigenvalue weighted by molar-refractivity contribution is 5.96. The molecule has 0 bridgehead atoms. The number of phenols is 1. The molecule has 0 aliphatic heterocycles. The first-order chi connectivity index (χ1) is 19.0. The highest BCUT2D eigenvalue weighted by atomic mass is 16.3. The number of aromatic hydroxyl groups is 1. The minimum Gasteiger partial charge on any atom is -0.505 e. The second kappa shape index (κ2) is 14.2. The van der Waals surface area contributed by atoms with E-state index >= 15 is 0 Å². The van der Waals surface area contributed by atoms with Crippen molar-refractivity contribution in [3.63, 3.8) is 0 Å². The molecule has 3 aromatic carbocycles. The molecular weight excluding hydrogens is 500 g/mol. The summed E-state index contributed by atoms with van der Waals surface area (Å²) in [6.45, 7) is 12.4. The van der Waals surface area contributed by atoms with Gasteiger partial charge in [0.2, 0.25) is 0 Å². The second-order valence-electron chi connectivity index (χ2n) is 9.56. The van der Waals surface area contributed by atoms with E-state index in [1.54, 1.807) is 18.5 Å². The molecule has 0 aliphatic carbocycles. The Morgan fingerprint density at radius 2 is 1.50 bits per heavy atom. The normalized spacial score (nSPS) is 10.1. The van der Waals surface area contributed by atoms with Crippen LogP contribution in [0.5, 0.6) is 5.75 Å². The molecule has 0 atom stereocenters. The number of nitrogen functional groups attached to an aromatic ring is 3. The summed E-state index contributed by atoms with van der Waals surface area (Å²) in [4.78, 5) is 7.91. The fourth-order valence-corrected chi connectivity index (χ4v) is 3.50. The summed E-state index contributed by atoms with van der Waals surface area (Å²) in [5, 5.41) is 24.1. The van der Waals surface area contributed by atoms with E-state index in [0.29, 0.717) is 17.2 Å². The zero-order chi connectivity index (χ0) is 29.9. The zero-order valence-electron chi connectivity index (χ0n) is 23.9. The Labute approximate surface area is 235 Å². The van der Waals surface area contributed by atoms with E-state index in [1.807, 2.05) is 69.3 Å². The molecule has 0 unspecified atom stereocenters. The number of fused-ring (bicyclic) bond motifs is 1. The second-order valence-corrected chi connectivity index (χ2v) is 9.56. The number of hydrogen-bond donors (Lipinski definition) is 4. The van der Waals surface area contributed by atoms with Gasteiger partial charge < -0.3 is 22.3 Å². The third-order valence-corrected chi connectivity index (χ3v) is 5.70. The summed E-state index contributed by atoms with van der Waals surface area (Å²) in [5.74, 6) is 0.795. The van der Waals surface area contributed by atoms with Crippen LogP contribution in [-0.4, -0.2) is 24.9 Å². The van der Waals surface area contributed by atoms with E-state index in [4.69, 9.17) is 22.5 Å². The predicted octanol–water partition coefficient (Wildman–Crippen LogP) is 6.14. The van der Waals surface area contributed by atoms with Gasteiger partial charge in [-0.15, -0.1) is 0 Å². The lowest BCUT2D eigenvalue weighted by atomic mass is 9.87. The molecule has 208 valence electrons. The Kier molecular flexibility index (Phi) is 11.0. The van der Waals surface area contributed by atoms with Gasteiger partial charge in [0.15, 0.2) is 0 Å². The zero-order valence-corrected chi connectivity index (χ0v) is 23.9. The van der Waals surface area contributed by atoms with E-state index in [-0.39, 0.29) is 17.0 Å². The van der Waals surface area contributed by atoms with Gasteiger partial charge in [0, 0.05) is 23.5 Å². The highest BCUT2D eigenvalue weighted by Crippen LogP contribution is 2.32. The molecule has 0 saturated heterocycles. The first-order valence-electron chi connectivity index (χ1n) is 12.9. The van der Waals surface area contributed by atoms with Gasteiger partial charge in [0.05, 0.1) is 11.9 Å². The number of anilines is 3. The van der Waals surface area contributed by atoms with Crippen molar-refractivity contribution in [3.8, 4) is 17.8 Å². The number of nitrogens with two attached hydrogens (primary N) is 3. The molecule has 2 aromatic heterocycles. The number of nitriles is 1. The summed E-state index contributed by atoms with van der Waals surface area (Å²) in [5.41, 5.74) is 21.0. The van der Waals surface area contributed by atoms with Gasteiger partial charge in [-0.05, 0) is 53.1 Å². The molecule has 0 spiro atoms. The Morgan fingerprint density at radius 3 is 2.05 bits per heavy atom. The van der Waals surface area contributed by atoms with Crippen LogP contribution < -0.4 is 17.2 Å². The monoisotopic (exact) mass is 538 g/mol. The van der Waals surface area contributed by atoms with Gasteiger partial charge in [0.25, 0.3) is 5.95 Å². The number of rotatable bonds is 1. The predicted molar refractivity (Wildman–Crippen MR) is 164 cm³/mol. The lowest BCUT2D eigenvalue weighted by Gasteiger charge is -2.18. The van der Waals surface area contributed by atoms with Crippen molar-refractivity contribution in [3.05, 3.63) is 95.9 Å². The third-order valence-electron chi connectivity index (χ3n) is 5.70. The molecule has 5 aromatic rings. The minimum atomic E-state index is 0.193. The Bertz CT molecular complexity index is 1550.